The Bertz CT molecular complexity index is 657. The molecule has 1 N–H and O–H groups in total. The Balaban J connectivity index is 0.00000338. The maximum atomic E-state index is 12.5. The SMILES string of the molecule is CN=C(NCC(C)N(C)C)N1CCN(S(=O)(=O)Cc2ccon2)CC1.I. The summed E-state index contributed by atoms with van der Waals surface area (Å²) >= 11 is 0. The van der Waals surface area contributed by atoms with Crippen LogP contribution in [0.4, 0.5) is 0 Å². The van der Waals surface area contributed by atoms with E-state index in [2.05, 4.69) is 32.2 Å². The Morgan fingerprint density at radius 3 is 2.54 bits per heavy atom. The van der Waals surface area contributed by atoms with E-state index >= 15 is 0 Å². The minimum atomic E-state index is -3.38. The predicted octanol–water partition coefficient (Wildman–Crippen LogP) is 0.266. The fourth-order valence-corrected chi connectivity index (χ4v) is 3.95. The van der Waals surface area contributed by atoms with Crippen molar-refractivity contribution in [3.63, 3.8) is 0 Å². The van der Waals surface area contributed by atoms with Gasteiger partial charge in [-0.15, -0.1) is 24.0 Å². The molecular formula is C15H29IN6O3S. The molecule has 0 aromatic carbocycles. The number of guanidine groups is 1. The predicted molar refractivity (Wildman–Crippen MR) is 112 cm³/mol. The van der Waals surface area contributed by atoms with E-state index in [9.17, 15) is 8.42 Å². The van der Waals surface area contributed by atoms with Gasteiger partial charge in [-0.25, -0.2) is 8.42 Å². The lowest BCUT2D eigenvalue weighted by Gasteiger charge is -2.36. The fraction of sp³-hybridized carbons (Fsp3) is 0.733. The zero-order chi connectivity index (χ0) is 18.4. The van der Waals surface area contributed by atoms with Crippen LogP contribution in [0.3, 0.4) is 0 Å². The molecule has 26 heavy (non-hydrogen) atoms. The Hall–Kier alpha value is -0.920. The lowest BCUT2D eigenvalue weighted by molar-refractivity contribution is 0.255. The van der Waals surface area contributed by atoms with E-state index < -0.39 is 10.0 Å². The number of rotatable bonds is 6. The van der Waals surface area contributed by atoms with Crippen molar-refractivity contribution in [3.05, 3.63) is 18.0 Å². The van der Waals surface area contributed by atoms with E-state index in [0.29, 0.717) is 37.9 Å². The second-order valence-corrected chi connectivity index (χ2v) is 8.34. The number of nitrogens with one attached hydrogen (secondary N) is 1. The second-order valence-electron chi connectivity index (χ2n) is 6.37. The highest BCUT2D eigenvalue weighted by molar-refractivity contribution is 14.0. The molecule has 1 aliphatic heterocycles. The van der Waals surface area contributed by atoms with E-state index in [1.165, 1.54) is 10.6 Å². The number of hydrogen-bond donors (Lipinski definition) is 1. The molecule has 1 aromatic heterocycles. The summed E-state index contributed by atoms with van der Waals surface area (Å²) in [6.45, 7) is 5.00. The maximum absolute atomic E-state index is 12.5. The third kappa shape index (κ3) is 6.35. The van der Waals surface area contributed by atoms with Crippen molar-refractivity contribution < 1.29 is 12.9 Å². The van der Waals surface area contributed by atoms with Gasteiger partial charge < -0.3 is 19.6 Å². The highest BCUT2D eigenvalue weighted by Crippen LogP contribution is 2.12. The molecule has 0 aliphatic carbocycles. The topological polar surface area (TPSA) is 94.3 Å². The van der Waals surface area contributed by atoms with Gasteiger partial charge in [0.05, 0.1) is 5.69 Å². The van der Waals surface area contributed by atoms with Gasteiger partial charge >= 0.3 is 0 Å². The molecule has 11 heteroatoms. The fourth-order valence-electron chi connectivity index (χ4n) is 2.52. The van der Waals surface area contributed by atoms with Crippen LogP contribution in [-0.2, 0) is 15.8 Å². The zero-order valence-electron chi connectivity index (χ0n) is 15.8. The van der Waals surface area contributed by atoms with Gasteiger partial charge in [0.1, 0.15) is 12.0 Å². The lowest BCUT2D eigenvalue weighted by Crippen LogP contribution is -2.55. The molecule has 0 spiro atoms. The maximum Gasteiger partial charge on any atom is 0.220 e. The van der Waals surface area contributed by atoms with Gasteiger partial charge in [0.2, 0.25) is 10.0 Å². The van der Waals surface area contributed by atoms with Crippen LogP contribution >= 0.6 is 24.0 Å². The van der Waals surface area contributed by atoms with Crippen LogP contribution in [0.5, 0.6) is 0 Å². The van der Waals surface area contributed by atoms with E-state index in [4.69, 9.17) is 4.52 Å². The molecule has 1 unspecified atom stereocenters. The van der Waals surface area contributed by atoms with E-state index in [-0.39, 0.29) is 29.7 Å². The highest BCUT2D eigenvalue weighted by atomic mass is 127. The summed E-state index contributed by atoms with van der Waals surface area (Å²) in [6.07, 6.45) is 1.38. The number of halogens is 1. The van der Waals surface area contributed by atoms with Gasteiger partial charge in [-0.05, 0) is 21.0 Å². The Labute approximate surface area is 172 Å². The van der Waals surface area contributed by atoms with Crippen LogP contribution in [-0.4, -0.2) is 93.5 Å². The van der Waals surface area contributed by atoms with Gasteiger partial charge in [-0.2, -0.15) is 4.31 Å². The minimum Gasteiger partial charge on any atom is -0.364 e. The Morgan fingerprint density at radius 2 is 2.04 bits per heavy atom. The van der Waals surface area contributed by atoms with Crippen LogP contribution in [0.1, 0.15) is 12.6 Å². The van der Waals surface area contributed by atoms with Gasteiger partial charge in [-0.3, -0.25) is 4.99 Å². The molecule has 2 heterocycles. The summed E-state index contributed by atoms with van der Waals surface area (Å²) in [5.74, 6) is 0.679. The second kappa shape index (κ2) is 10.4. The van der Waals surface area contributed by atoms with Crippen molar-refractivity contribution >= 4 is 40.0 Å². The van der Waals surface area contributed by atoms with Crippen LogP contribution in [0.2, 0.25) is 0 Å². The molecule has 1 saturated heterocycles. The summed E-state index contributed by atoms with van der Waals surface area (Å²) < 4.78 is 31.1. The summed E-state index contributed by atoms with van der Waals surface area (Å²) in [5, 5.41) is 7.04. The van der Waals surface area contributed by atoms with Crippen molar-refractivity contribution in [1.29, 1.82) is 0 Å². The van der Waals surface area contributed by atoms with Crippen molar-refractivity contribution in [2.75, 3.05) is 53.9 Å². The molecule has 1 aliphatic rings. The number of aliphatic imine (C=N–C) groups is 1. The summed E-state index contributed by atoms with van der Waals surface area (Å²) in [6, 6.07) is 1.95. The van der Waals surface area contributed by atoms with Crippen LogP contribution in [0, 0.1) is 0 Å². The molecular weight excluding hydrogens is 471 g/mol. The first kappa shape index (κ1) is 23.1. The van der Waals surface area contributed by atoms with Gasteiger partial charge in [0.25, 0.3) is 0 Å². The average molecular weight is 500 g/mol. The van der Waals surface area contributed by atoms with Crippen molar-refractivity contribution in [3.8, 4) is 0 Å². The number of hydrogen-bond acceptors (Lipinski definition) is 6. The molecule has 0 bridgehead atoms. The molecule has 1 aromatic rings. The van der Waals surface area contributed by atoms with E-state index in [1.807, 2.05) is 14.1 Å². The Morgan fingerprint density at radius 1 is 1.38 bits per heavy atom. The minimum absolute atomic E-state index is 0. The summed E-state index contributed by atoms with van der Waals surface area (Å²) in [5.41, 5.74) is 0.428. The molecule has 2 rings (SSSR count). The van der Waals surface area contributed by atoms with Crippen molar-refractivity contribution in [2.45, 2.75) is 18.7 Å². The number of sulfonamides is 1. The number of nitrogens with zero attached hydrogens (tertiary/aromatic N) is 5. The normalized spacial score (nSPS) is 17.9. The van der Waals surface area contributed by atoms with E-state index in [1.54, 1.807) is 13.1 Å². The molecule has 150 valence electrons. The van der Waals surface area contributed by atoms with Gasteiger partial charge in [0, 0.05) is 51.9 Å². The largest absolute Gasteiger partial charge is 0.364 e. The van der Waals surface area contributed by atoms with Crippen LogP contribution in [0.15, 0.2) is 21.8 Å². The first-order valence-corrected chi connectivity index (χ1v) is 9.93. The van der Waals surface area contributed by atoms with Crippen molar-refractivity contribution in [1.82, 2.24) is 24.6 Å². The average Bonchev–Trinajstić information content (AvgIpc) is 3.07. The monoisotopic (exact) mass is 500 g/mol. The molecule has 0 saturated carbocycles. The standard InChI is InChI=1S/C15H28N6O3S.HI/c1-13(19(3)4)11-17-15(16-2)20-6-8-21(9-7-20)25(22,23)12-14-5-10-24-18-14;/h5,10,13H,6-9,11-12H2,1-4H3,(H,16,17);1H. The summed E-state index contributed by atoms with van der Waals surface area (Å²) in [4.78, 5) is 8.54. The highest BCUT2D eigenvalue weighted by Gasteiger charge is 2.29. The first-order chi connectivity index (χ1) is 11.8. The van der Waals surface area contributed by atoms with Gasteiger partial charge in [-0.1, -0.05) is 5.16 Å². The van der Waals surface area contributed by atoms with Crippen LogP contribution < -0.4 is 5.32 Å². The first-order valence-electron chi connectivity index (χ1n) is 8.32. The zero-order valence-corrected chi connectivity index (χ0v) is 18.9. The number of aromatic nitrogens is 1. The quantitative estimate of drug-likeness (QED) is 0.341. The molecule has 0 amide bonds. The number of likely N-dealkylation sites (N-methyl/N-ethyl adjacent to an activating group) is 1. The lowest BCUT2D eigenvalue weighted by atomic mass is 10.3. The van der Waals surface area contributed by atoms with E-state index in [0.717, 1.165) is 12.5 Å². The third-order valence-electron chi connectivity index (χ3n) is 4.40. The van der Waals surface area contributed by atoms with Crippen molar-refractivity contribution in [2.24, 2.45) is 4.99 Å². The summed E-state index contributed by atoms with van der Waals surface area (Å²) in [7, 11) is 2.44. The van der Waals surface area contributed by atoms with Gasteiger partial charge in [0.15, 0.2) is 5.96 Å². The number of piperazine rings is 1. The molecule has 1 atom stereocenters. The third-order valence-corrected chi connectivity index (χ3v) is 6.21. The molecule has 0 radical (unpaired) electrons. The molecule has 1 fully saturated rings. The smallest absolute Gasteiger partial charge is 0.220 e. The molecule has 9 nitrogen and oxygen atoms in total. The Kier molecular flexibility index (Phi) is 9.27. The van der Waals surface area contributed by atoms with Crippen LogP contribution in [0.25, 0.3) is 0 Å².